The lowest BCUT2D eigenvalue weighted by Gasteiger charge is -2.14. The molecule has 0 saturated heterocycles. The van der Waals surface area contributed by atoms with Crippen LogP contribution in [-0.2, 0) is 17.9 Å². The second kappa shape index (κ2) is 6.20. The zero-order valence-corrected chi connectivity index (χ0v) is 13.5. The molecule has 3 heterocycles. The van der Waals surface area contributed by atoms with Gasteiger partial charge in [-0.25, -0.2) is 0 Å². The zero-order valence-electron chi connectivity index (χ0n) is 13.5. The lowest BCUT2D eigenvalue weighted by atomic mass is 10.1. The third-order valence-corrected chi connectivity index (χ3v) is 3.82. The molecule has 0 saturated carbocycles. The standard InChI is InChI=1S/C16H20N6O/c1-4-22-14-9-21(20-16(14)12(3)19-22)10-15(23)18-11(2)13-5-7-17-8-6-13/h5-9,11H,4,10H2,1-3H3,(H,18,23)/t11-/m1/s1. The molecule has 3 rings (SSSR count). The van der Waals surface area contributed by atoms with E-state index in [1.54, 1.807) is 17.1 Å². The van der Waals surface area contributed by atoms with E-state index < -0.39 is 0 Å². The van der Waals surface area contributed by atoms with Crippen molar-refractivity contribution < 1.29 is 4.79 Å². The van der Waals surface area contributed by atoms with Gasteiger partial charge in [0.15, 0.2) is 0 Å². The SMILES string of the molecule is CCn1nc(C)c2nn(CC(=O)N[C@H](C)c3ccncc3)cc21. The molecule has 7 nitrogen and oxygen atoms in total. The molecular weight excluding hydrogens is 292 g/mol. The van der Waals surface area contributed by atoms with E-state index in [1.165, 1.54) is 0 Å². The first-order valence-electron chi connectivity index (χ1n) is 7.68. The number of hydrogen-bond donors (Lipinski definition) is 1. The summed E-state index contributed by atoms with van der Waals surface area (Å²) < 4.78 is 3.56. The Labute approximate surface area is 134 Å². The normalized spacial score (nSPS) is 12.5. The number of rotatable bonds is 5. The Morgan fingerprint density at radius 2 is 2.04 bits per heavy atom. The fraction of sp³-hybridized carbons (Fsp3) is 0.375. The van der Waals surface area contributed by atoms with Gasteiger partial charge in [-0.1, -0.05) is 0 Å². The Bertz CT molecular complexity index is 820. The molecule has 23 heavy (non-hydrogen) atoms. The van der Waals surface area contributed by atoms with Crippen molar-refractivity contribution in [3.05, 3.63) is 42.0 Å². The Morgan fingerprint density at radius 3 is 2.74 bits per heavy atom. The van der Waals surface area contributed by atoms with Crippen molar-refractivity contribution in [2.75, 3.05) is 0 Å². The molecule has 1 atom stereocenters. The van der Waals surface area contributed by atoms with E-state index in [2.05, 4.69) is 20.5 Å². The highest BCUT2D eigenvalue weighted by atomic mass is 16.2. The summed E-state index contributed by atoms with van der Waals surface area (Å²) in [5, 5.41) is 11.8. The highest BCUT2D eigenvalue weighted by molar-refractivity contribution is 5.79. The second-order valence-corrected chi connectivity index (χ2v) is 5.53. The molecule has 0 fully saturated rings. The van der Waals surface area contributed by atoms with Crippen molar-refractivity contribution >= 4 is 16.9 Å². The summed E-state index contributed by atoms with van der Waals surface area (Å²) in [6.45, 7) is 6.88. The number of pyridine rings is 1. The van der Waals surface area contributed by atoms with Gasteiger partial charge in [-0.05, 0) is 38.5 Å². The first kappa shape index (κ1) is 15.2. The van der Waals surface area contributed by atoms with Crippen LogP contribution in [0.4, 0.5) is 0 Å². The molecule has 3 aromatic rings. The second-order valence-electron chi connectivity index (χ2n) is 5.53. The van der Waals surface area contributed by atoms with Crippen molar-refractivity contribution in [2.24, 2.45) is 0 Å². The zero-order chi connectivity index (χ0) is 16.4. The molecule has 0 aliphatic rings. The van der Waals surface area contributed by atoms with E-state index in [0.29, 0.717) is 0 Å². The third-order valence-electron chi connectivity index (χ3n) is 3.82. The van der Waals surface area contributed by atoms with Crippen LogP contribution in [0.2, 0.25) is 0 Å². The van der Waals surface area contributed by atoms with Crippen LogP contribution in [0.15, 0.2) is 30.7 Å². The van der Waals surface area contributed by atoms with Crippen LogP contribution in [0.1, 0.15) is 31.1 Å². The Balaban J connectivity index is 1.70. The number of aromatic nitrogens is 5. The molecule has 0 aliphatic heterocycles. The van der Waals surface area contributed by atoms with E-state index in [9.17, 15) is 4.79 Å². The van der Waals surface area contributed by atoms with Gasteiger partial charge in [-0.15, -0.1) is 0 Å². The lowest BCUT2D eigenvalue weighted by molar-refractivity contribution is -0.122. The molecule has 0 aromatic carbocycles. The largest absolute Gasteiger partial charge is 0.348 e. The van der Waals surface area contributed by atoms with Crippen LogP contribution in [0.5, 0.6) is 0 Å². The number of carbonyl (C=O) groups excluding carboxylic acids is 1. The van der Waals surface area contributed by atoms with Crippen LogP contribution in [0, 0.1) is 6.92 Å². The summed E-state index contributed by atoms with van der Waals surface area (Å²) in [5.74, 6) is -0.0758. The molecule has 1 amide bonds. The van der Waals surface area contributed by atoms with E-state index in [1.807, 2.05) is 43.8 Å². The lowest BCUT2D eigenvalue weighted by Crippen LogP contribution is -2.30. The summed E-state index contributed by atoms with van der Waals surface area (Å²) in [7, 11) is 0. The average Bonchev–Trinajstić information content (AvgIpc) is 3.08. The number of aryl methyl sites for hydroxylation is 2. The van der Waals surface area contributed by atoms with Gasteiger partial charge >= 0.3 is 0 Å². The van der Waals surface area contributed by atoms with Crippen molar-refractivity contribution in [2.45, 2.75) is 39.9 Å². The quantitative estimate of drug-likeness (QED) is 0.779. The maximum Gasteiger partial charge on any atom is 0.242 e. The average molecular weight is 312 g/mol. The van der Waals surface area contributed by atoms with E-state index in [-0.39, 0.29) is 18.5 Å². The number of carbonyl (C=O) groups is 1. The van der Waals surface area contributed by atoms with Crippen molar-refractivity contribution in [1.29, 1.82) is 0 Å². The summed E-state index contributed by atoms with van der Waals surface area (Å²) in [6.07, 6.45) is 5.31. The van der Waals surface area contributed by atoms with Crippen LogP contribution in [-0.4, -0.2) is 30.5 Å². The van der Waals surface area contributed by atoms with Gasteiger partial charge in [0.1, 0.15) is 17.6 Å². The van der Waals surface area contributed by atoms with Gasteiger partial charge in [0.25, 0.3) is 0 Å². The summed E-state index contributed by atoms with van der Waals surface area (Å²) in [6, 6.07) is 3.72. The van der Waals surface area contributed by atoms with Crippen LogP contribution < -0.4 is 5.32 Å². The third kappa shape index (κ3) is 3.08. The molecule has 0 aliphatic carbocycles. The number of nitrogens with one attached hydrogen (secondary N) is 1. The fourth-order valence-corrected chi connectivity index (χ4v) is 2.63. The first-order chi connectivity index (χ1) is 11.1. The maximum absolute atomic E-state index is 12.2. The Kier molecular flexibility index (Phi) is 4.10. The van der Waals surface area contributed by atoms with Crippen molar-refractivity contribution in [3.63, 3.8) is 0 Å². The molecular formula is C16H20N6O. The maximum atomic E-state index is 12.2. The van der Waals surface area contributed by atoms with Crippen molar-refractivity contribution in [3.8, 4) is 0 Å². The van der Waals surface area contributed by atoms with Gasteiger partial charge in [-0.3, -0.25) is 19.1 Å². The smallest absolute Gasteiger partial charge is 0.242 e. The van der Waals surface area contributed by atoms with E-state index in [0.717, 1.165) is 28.8 Å². The molecule has 0 unspecified atom stereocenters. The summed E-state index contributed by atoms with van der Waals surface area (Å²) >= 11 is 0. The highest BCUT2D eigenvalue weighted by Crippen LogP contribution is 2.16. The first-order valence-corrected chi connectivity index (χ1v) is 7.68. The van der Waals surface area contributed by atoms with E-state index >= 15 is 0 Å². The van der Waals surface area contributed by atoms with Gasteiger partial charge < -0.3 is 5.32 Å². The van der Waals surface area contributed by atoms with Gasteiger partial charge in [0, 0.05) is 18.9 Å². The minimum Gasteiger partial charge on any atom is -0.348 e. The topological polar surface area (TPSA) is 77.6 Å². The fourth-order valence-electron chi connectivity index (χ4n) is 2.63. The van der Waals surface area contributed by atoms with Gasteiger partial charge in [0.2, 0.25) is 5.91 Å². The molecule has 0 bridgehead atoms. The van der Waals surface area contributed by atoms with Crippen LogP contribution in [0.3, 0.4) is 0 Å². The number of amides is 1. The Hall–Kier alpha value is -2.70. The highest BCUT2D eigenvalue weighted by Gasteiger charge is 2.14. The van der Waals surface area contributed by atoms with Gasteiger partial charge in [-0.2, -0.15) is 10.2 Å². The molecule has 120 valence electrons. The molecule has 0 radical (unpaired) electrons. The Morgan fingerprint density at radius 1 is 1.30 bits per heavy atom. The summed E-state index contributed by atoms with van der Waals surface area (Å²) in [4.78, 5) is 16.2. The molecule has 7 heteroatoms. The summed E-state index contributed by atoms with van der Waals surface area (Å²) in [5.41, 5.74) is 3.71. The molecule has 0 spiro atoms. The predicted molar refractivity (Wildman–Crippen MR) is 86.7 cm³/mol. The minimum atomic E-state index is -0.0758. The van der Waals surface area contributed by atoms with Crippen LogP contribution >= 0.6 is 0 Å². The number of nitrogens with zero attached hydrogens (tertiary/aromatic N) is 5. The predicted octanol–water partition coefficient (Wildman–Crippen LogP) is 1.83. The minimum absolute atomic E-state index is 0.0663. The van der Waals surface area contributed by atoms with Gasteiger partial charge in [0.05, 0.1) is 17.9 Å². The van der Waals surface area contributed by atoms with Crippen molar-refractivity contribution in [1.82, 2.24) is 29.9 Å². The van der Waals surface area contributed by atoms with E-state index in [4.69, 9.17) is 0 Å². The number of fused-ring (bicyclic) bond motifs is 1. The molecule has 3 aromatic heterocycles. The number of hydrogen-bond acceptors (Lipinski definition) is 4. The van der Waals surface area contributed by atoms with Crippen LogP contribution in [0.25, 0.3) is 11.0 Å². The molecule has 1 N–H and O–H groups in total. The monoisotopic (exact) mass is 312 g/mol.